The maximum atomic E-state index is 9.76. The van der Waals surface area contributed by atoms with Crippen LogP contribution in [0.4, 0.5) is 0 Å². The Morgan fingerprint density at radius 3 is 1.89 bits per heavy atom. The Hall–Kier alpha value is -0.650. The Morgan fingerprint density at radius 1 is 1.33 bits per heavy atom. The van der Waals surface area contributed by atoms with E-state index in [0.717, 1.165) is 0 Å². The van der Waals surface area contributed by atoms with Crippen molar-refractivity contribution in [2.75, 3.05) is 0 Å². The van der Waals surface area contributed by atoms with Crippen molar-refractivity contribution in [2.24, 2.45) is 0 Å². The van der Waals surface area contributed by atoms with Crippen LogP contribution in [0, 0.1) is 0 Å². The van der Waals surface area contributed by atoms with Gasteiger partial charge >= 0.3 is 5.97 Å². The van der Waals surface area contributed by atoms with E-state index in [1.165, 1.54) is 0 Å². The van der Waals surface area contributed by atoms with E-state index in [2.05, 4.69) is 0 Å². The molecule has 0 amide bonds. The summed E-state index contributed by atoms with van der Waals surface area (Å²) < 4.78 is 0. The maximum Gasteiger partial charge on any atom is 0.332 e. The predicted molar refractivity (Wildman–Crippen MR) is 26.5 cm³/mol. The summed E-state index contributed by atoms with van der Waals surface area (Å²) in [7, 11) is 0. The number of aliphatic carboxylic acids is 1. The molecule has 0 aromatic rings. The summed E-state index contributed by atoms with van der Waals surface area (Å²) in [5.41, 5.74) is 0. The molecule has 0 aliphatic carbocycles. The van der Waals surface area contributed by atoms with E-state index in [0.29, 0.717) is 0 Å². The highest BCUT2D eigenvalue weighted by atomic mass is 16.5. The summed E-state index contributed by atoms with van der Waals surface area (Å²) in [6.45, 7) is 0. The molecule has 1 unspecified atom stereocenters. The number of carbonyl (C=O) groups is 1. The molecule has 9 heavy (non-hydrogen) atoms. The standard InChI is InChI=1S/C4H8O5/c5-2(4(8)9)1-3(6)7/h2-3,5-7H,1H2,(H,8,9). The minimum absolute atomic E-state index is 0.560. The number of aliphatic hydroxyl groups excluding tert-OH is 2. The second-order valence-corrected chi connectivity index (χ2v) is 1.57. The molecule has 0 spiro atoms. The van der Waals surface area contributed by atoms with Gasteiger partial charge in [-0.1, -0.05) is 0 Å². The highest BCUT2D eigenvalue weighted by Gasteiger charge is 2.15. The lowest BCUT2D eigenvalue weighted by Crippen LogP contribution is -2.25. The smallest absolute Gasteiger partial charge is 0.332 e. The van der Waals surface area contributed by atoms with E-state index in [9.17, 15) is 4.79 Å². The monoisotopic (exact) mass is 136 g/mol. The van der Waals surface area contributed by atoms with Crippen LogP contribution < -0.4 is 0 Å². The second-order valence-electron chi connectivity index (χ2n) is 1.57. The van der Waals surface area contributed by atoms with Gasteiger partial charge in [-0.15, -0.1) is 0 Å². The van der Waals surface area contributed by atoms with Crippen molar-refractivity contribution in [3.05, 3.63) is 0 Å². The highest BCUT2D eigenvalue weighted by molar-refractivity contribution is 5.71. The fraction of sp³-hybridized carbons (Fsp3) is 0.750. The third kappa shape index (κ3) is 3.89. The fourth-order valence-corrected chi connectivity index (χ4v) is 0.301. The number of aliphatic hydroxyl groups is 3. The summed E-state index contributed by atoms with van der Waals surface area (Å²) >= 11 is 0. The molecule has 0 heterocycles. The van der Waals surface area contributed by atoms with E-state index >= 15 is 0 Å². The van der Waals surface area contributed by atoms with Crippen molar-refractivity contribution >= 4 is 5.97 Å². The van der Waals surface area contributed by atoms with Crippen LogP contribution in [0.1, 0.15) is 6.42 Å². The molecule has 0 aliphatic rings. The summed E-state index contributed by atoms with van der Waals surface area (Å²) in [6, 6.07) is 0. The van der Waals surface area contributed by atoms with Crippen LogP contribution in [0.15, 0.2) is 0 Å². The van der Waals surface area contributed by atoms with Gasteiger partial charge in [-0.25, -0.2) is 4.79 Å². The Bertz CT molecular complexity index is 99.1. The first kappa shape index (κ1) is 8.35. The first-order valence-corrected chi connectivity index (χ1v) is 2.31. The van der Waals surface area contributed by atoms with Crippen molar-refractivity contribution in [1.82, 2.24) is 0 Å². The van der Waals surface area contributed by atoms with Gasteiger partial charge in [-0.2, -0.15) is 0 Å². The van der Waals surface area contributed by atoms with Gasteiger partial charge in [0.2, 0.25) is 0 Å². The summed E-state index contributed by atoms with van der Waals surface area (Å²) in [4.78, 5) is 9.76. The van der Waals surface area contributed by atoms with E-state index in [1.807, 2.05) is 0 Å². The predicted octanol–water partition coefficient (Wildman–Crippen LogP) is -1.87. The first-order valence-electron chi connectivity index (χ1n) is 2.31. The molecule has 0 aromatic carbocycles. The lowest BCUT2D eigenvalue weighted by atomic mass is 10.2. The zero-order chi connectivity index (χ0) is 7.44. The number of rotatable bonds is 3. The van der Waals surface area contributed by atoms with Crippen LogP contribution in [0.3, 0.4) is 0 Å². The minimum atomic E-state index is -1.77. The van der Waals surface area contributed by atoms with Crippen LogP contribution in [-0.2, 0) is 4.79 Å². The van der Waals surface area contributed by atoms with Crippen molar-refractivity contribution in [3.63, 3.8) is 0 Å². The van der Waals surface area contributed by atoms with E-state index < -0.39 is 24.8 Å². The van der Waals surface area contributed by atoms with Crippen molar-refractivity contribution < 1.29 is 25.2 Å². The number of hydrogen-bond donors (Lipinski definition) is 4. The second kappa shape index (κ2) is 3.39. The lowest BCUT2D eigenvalue weighted by Gasteiger charge is -2.05. The zero-order valence-electron chi connectivity index (χ0n) is 4.56. The fourth-order valence-electron chi connectivity index (χ4n) is 0.301. The SMILES string of the molecule is O=C(O)C(O)CC(O)O. The normalized spacial score (nSPS) is 13.8. The molecule has 0 saturated heterocycles. The maximum absolute atomic E-state index is 9.76. The van der Waals surface area contributed by atoms with Gasteiger partial charge in [-0.05, 0) is 0 Å². The van der Waals surface area contributed by atoms with Crippen molar-refractivity contribution in [2.45, 2.75) is 18.8 Å². The van der Waals surface area contributed by atoms with Gasteiger partial charge in [0, 0.05) is 6.42 Å². The number of hydrogen-bond acceptors (Lipinski definition) is 4. The van der Waals surface area contributed by atoms with Crippen LogP contribution in [0.2, 0.25) is 0 Å². The molecule has 54 valence electrons. The van der Waals surface area contributed by atoms with Gasteiger partial charge in [0.15, 0.2) is 12.4 Å². The summed E-state index contributed by atoms with van der Waals surface area (Å²) in [5.74, 6) is -1.46. The van der Waals surface area contributed by atoms with Crippen LogP contribution >= 0.6 is 0 Å². The van der Waals surface area contributed by atoms with Crippen LogP contribution in [0.25, 0.3) is 0 Å². The summed E-state index contributed by atoms with van der Waals surface area (Å²) in [6.07, 6.45) is -4.02. The molecule has 0 rings (SSSR count). The highest BCUT2D eigenvalue weighted by Crippen LogP contribution is 1.93. The molecule has 0 bridgehead atoms. The lowest BCUT2D eigenvalue weighted by molar-refractivity contribution is -0.152. The van der Waals surface area contributed by atoms with Gasteiger partial charge in [-0.3, -0.25) is 0 Å². The molecular formula is C4H8O5. The van der Waals surface area contributed by atoms with E-state index in [1.54, 1.807) is 0 Å². The molecule has 0 aromatic heterocycles. The summed E-state index contributed by atoms with van der Waals surface area (Å²) in [5, 5.41) is 32.5. The molecule has 0 saturated carbocycles. The van der Waals surface area contributed by atoms with E-state index in [4.69, 9.17) is 20.4 Å². The Morgan fingerprint density at radius 2 is 1.78 bits per heavy atom. The Kier molecular flexibility index (Phi) is 3.15. The third-order valence-electron chi connectivity index (χ3n) is 0.719. The van der Waals surface area contributed by atoms with Gasteiger partial charge in [0.25, 0.3) is 0 Å². The molecular weight excluding hydrogens is 128 g/mol. The van der Waals surface area contributed by atoms with Gasteiger partial charge in [0.05, 0.1) is 0 Å². The molecule has 1 atom stereocenters. The van der Waals surface area contributed by atoms with Crippen LogP contribution in [0.5, 0.6) is 0 Å². The van der Waals surface area contributed by atoms with Crippen LogP contribution in [-0.4, -0.2) is 38.8 Å². The largest absolute Gasteiger partial charge is 0.479 e. The molecule has 0 aliphatic heterocycles. The average Bonchev–Trinajstić information content (AvgIpc) is 1.63. The Labute approximate surface area is 51.2 Å². The van der Waals surface area contributed by atoms with Gasteiger partial charge < -0.3 is 20.4 Å². The topological polar surface area (TPSA) is 98.0 Å². The molecule has 4 N–H and O–H groups in total. The van der Waals surface area contributed by atoms with E-state index in [-0.39, 0.29) is 0 Å². The third-order valence-corrected chi connectivity index (χ3v) is 0.719. The average molecular weight is 136 g/mol. The Balaban J connectivity index is 3.50. The minimum Gasteiger partial charge on any atom is -0.479 e. The molecule has 5 nitrogen and oxygen atoms in total. The van der Waals surface area contributed by atoms with Crippen molar-refractivity contribution in [1.29, 1.82) is 0 Å². The quantitative estimate of drug-likeness (QED) is 0.341. The number of carboxylic acids is 1. The molecule has 0 radical (unpaired) electrons. The molecule has 0 fully saturated rings. The molecule has 5 heteroatoms. The van der Waals surface area contributed by atoms with Gasteiger partial charge in [0.1, 0.15) is 0 Å². The van der Waals surface area contributed by atoms with Crippen molar-refractivity contribution in [3.8, 4) is 0 Å². The number of carboxylic acid groups (broad SMARTS) is 1. The first-order chi connectivity index (χ1) is 4.04. The zero-order valence-corrected chi connectivity index (χ0v) is 4.56.